The number of alkyl halides is 6. The first-order chi connectivity index (χ1) is 15.6. The van der Waals surface area contributed by atoms with Gasteiger partial charge in [0, 0.05) is 12.5 Å². The summed E-state index contributed by atoms with van der Waals surface area (Å²) in [5.74, 6) is -4.21. The molecule has 1 unspecified atom stereocenters. The van der Waals surface area contributed by atoms with Crippen LogP contribution < -0.4 is 9.47 Å². The molecule has 34 heavy (non-hydrogen) atoms. The molecule has 16 heteroatoms. The van der Waals surface area contributed by atoms with Crippen LogP contribution in [0.5, 0.6) is 11.5 Å². The monoisotopic (exact) mass is 503 g/mol. The highest BCUT2D eigenvalue weighted by Crippen LogP contribution is 2.42. The summed E-state index contributed by atoms with van der Waals surface area (Å²) < 4.78 is 96.4. The highest BCUT2D eigenvalue weighted by atomic mass is 19.4. The summed E-state index contributed by atoms with van der Waals surface area (Å²) in [4.78, 5) is 37.5. The maximum Gasteiger partial charge on any atom is 0.573 e. The molecular weight excluding hydrogens is 488 g/mol. The number of carbonyl (C=O) groups is 2. The zero-order chi connectivity index (χ0) is 25.8. The van der Waals surface area contributed by atoms with Gasteiger partial charge in [-0.25, -0.2) is 9.59 Å². The van der Waals surface area contributed by atoms with Crippen LogP contribution in [0.25, 0.3) is 6.08 Å². The van der Waals surface area contributed by atoms with Crippen LogP contribution in [-0.2, 0) is 30.3 Å². The Morgan fingerprint density at radius 2 is 1.82 bits per heavy atom. The predicted molar refractivity (Wildman–Crippen MR) is 95.5 cm³/mol. The number of ether oxygens (including phenoxy) is 4. The van der Waals surface area contributed by atoms with Gasteiger partial charge in [-0.15, -0.1) is 23.3 Å². The summed E-state index contributed by atoms with van der Waals surface area (Å²) in [5.41, 5.74) is -1.53. The van der Waals surface area contributed by atoms with E-state index < -0.39 is 65.6 Å². The minimum atomic E-state index is -5.14. The molecule has 1 aliphatic rings. The summed E-state index contributed by atoms with van der Waals surface area (Å²) in [6.45, 7) is 1.19. The SMILES string of the molecule is CCc1cc(OC(F)(F)F)cc2c1OC(C(F)(F)F)C(C(=O)O[C@H](C)OC(=O)CO[N+](=O)[O-])=C2. The molecule has 2 rings (SSSR count). The molecule has 1 heterocycles. The Balaban J connectivity index is 2.35. The number of halogens is 6. The molecule has 0 N–H and O–H groups in total. The van der Waals surface area contributed by atoms with Crippen molar-refractivity contribution in [1.82, 2.24) is 0 Å². The van der Waals surface area contributed by atoms with Crippen molar-refractivity contribution in [2.75, 3.05) is 6.61 Å². The third kappa shape index (κ3) is 7.14. The van der Waals surface area contributed by atoms with Crippen molar-refractivity contribution in [3.63, 3.8) is 0 Å². The molecule has 0 aliphatic carbocycles. The van der Waals surface area contributed by atoms with Crippen LogP contribution in [0.1, 0.15) is 25.0 Å². The van der Waals surface area contributed by atoms with Crippen molar-refractivity contribution in [3.8, 4) is 11.5 Å². The van der Waals surface area contributed by atoms with E-state index in [9.17, 15) is 46.0 Å². The number of aryl methyl sites for hydroxylation is 1. The standard InChI is InChI=1S/C18H15F6NO9/c1-3-9-4-11(34-18(22,23)24)5-10-6-12(15(17(19,20)21)33-14(9)10)16(27)32-8(2)31-13(26)7-30-25(28)29/h4-6,8,15H,3,7H2,1-2H3/t8-,15?/m1/s1. The quantitative estimate of drug-likeness (QED) is 0.172. The average Bonchev–Trinajstić information content (AvgIpc) is 2.68. The molecule has 10 nitrogen and oxygen atoms in total. The van der Waals surface area contributed by atoms with E-state index in [0.29, 0.717) is 6.08 Å². The number of benzene rings is 1. The van der Waals surface area contributed by atoms with E-state index in [-0.39, 0.29) is 17.5 Å². The molecule has 0 spiro atoms. The van der Waals surface area contributed by atoms with Gasteiger partial charge in [-0.3, -0.25) is 0 Å². The Kier molecular flexibility index (Phi) is 7.84. The van der Waals surface area contributed by atoms with Crippen molar-refractivity contribution in [2.24, 2.45) is 0 Å². The lowest BCUT2D eigenvalue weighted by atomic mass is 9.97. The number of fused-ring (bicyclic) bond motifs is 1. The van der Waals surface area contributed by atoms with E-state index in [0.717, 1.165) is 19.1 Å². The number of nitrogens with zero attached hydrogens (tertiary/aromatic N) is 1. The first-order valence-electron chi connectivity index (χ1n) is 9.16. The fourth-order valence-corrected chi connectivity index (χ4v) is 2.79. The molecule has 0 saturated carbocycles. The van der Waals surface area contributed by atoms with Gasteiger partial charge in [0.15, 0.2) is 6.61 Å². The number of carbonyl (C=O) groups excluding carboxylic acids is 2. The summed E-state index contributed by atoms with van der Waals surface area (Å²) in [5, 5.41) is 8.73. The zero-order valence-electron chi connectivity index (χ0n) is 17.2. The van der Waals surface area contributed by atoms with Gasteiger partial charge in [-0.05, 0) is 30.2 Å². The van der Waals surface area contributed by atoms with Crippen molar-refractivity contribution in [3.05, 3.63) is 38.9 Å². The van der Waals surface area contributed by atoms with Crippen molar-refractivity contribution < 1.29 is 64.8 Å². The Labute approximate surface area is 186 Å². The smallest absolute Gasteiger partial charge is 0.475 e. The second kappa shape index (κ2) is 10.0. The maximum absolute atomic E-state index is 13.6. The lowest BCUT2D eigenvalue weighted by molar-refractivity contribution is -0.754. The van der Waals surface area contributed by atoms with E-state index in [2.05, 4.69) is 19.0 Å². The molecule has 0 saturated heterocycles. The minimum Gasteiger partial charge on any atom is -0.475 e. The van der Waals surface area contributed by atoms with Crippen LogP contribution >= 0.6 is 0 Å². The second-order valence-corrected chi connectivity index (χ2v) is 6.50. The van der Waals surface area contributed by atoms with Crippen molar-refractivity contribution in [2.45, 2.75) is 45.2 Å². The Hall–Kier alpha value is -3.72. The molecule has 188 valence electrons. The van der Waals surface area contributed by atoms with E-state index in [1.165, 1.54) is 6.92 Å². The molecule has 0 radical (unpaired) electrons. The lowest BCUT2D eigenvalue weighted by Gasteiger charge is -2.30. The Bertz CT molecular complexity index is 989. The van der Waals surface area contributed by atoms with E-state index in [4.69, 9.17) is 4.74 Å². The molecule has 0 aromatic heterocycles. The van der Waals surface area contributed by atoms with Crippen LogP contribution in [-0.4, -0.2) is 48.6 Å². The van der Waals surface area contributed by atoms with Crippen LogP contribution in [0, 0.1) is 10.1 Å². The van der Waals surface area contributed by atoms with E-state index >= 15 is 0 Å². The van der Waals surface area contributed by atoms with Gasteiger partial charge in [0.05, 0.1) is 5.57 Å². The van der Waals surface area contributed by atoms with Gasteiger partial charge in [-0.1, -0.05) is 6.92 Å². The summed E-state index contributed by atoms with van der Waals surface area (Å²) >= 11 is 0. The van der Waals surface area contributed by atoms with Gasteiger partial charge in [0.1, 0.15) is 11.5 Å². The number of hydrogen-bond acceptors (Lipinski definition) is 9. The van der Waals surface area contributed by atoms with Crippen LogP contribution in [0.3, 0.4) is 0 Å². The fraction of sp³-hybridized carbons (Fsp3) is 0.444. The molecule has 1 aliphatic heterocycles. The average molecular weight is 503 g/mol. The molecule has 2 atom stereocenters. The van der Waals surface area contributed by atoms with Crippen LogP contribution in [0.2, 0.25) is 0 Å². The maximum atomic E-state index is 13.6. The van der Waals surface area contributed by atoms with Gasteiger partial charge in [-0.2, -0.15) is 13.2 Å². The third-order valence-electron chi connectivity index (χ3n) is 4.00. The Morgan fingerprint density at radius 1 is 1.18 bits per heavy atom. The number of rotatable bonds is 8. The zero-order valence-corrected chi connectivity index (χ0v) is 17.2. The van der Waals surface area contributed by atoms with Crippen LogP contribution in [0.4, 0.5) is 26.3 Å². The minimum absolute atomic E-state index is 0.0329. The summed E-state index contributed by atoms with van der Waals surface area (Å²) in [6.07, 6.45) is -14.3. The van der Waals surface area contributed by atoms with Gasteiger partial charge in [0.25, 0.3) is 5.09 Å². The summed E-state index contributed by atoms with van der Waals surface area (Å²) in [6, 6.07) is 1.58. The first-order valence-corrected chi connectivity index (χ1v) is 9.16. The topological polar surface area (TPSA) is 123 Å². The molecule has 0 amide bonds. The third-order valence-corrected chi connectivity index (χ3v) is 4.00. The van der Waals surface area contributed by atoms with Gasteiger partial charge in [0.2, 0.25) is 12.4 Å². The number of esters is 2. The van der Waals surface area contributed by atoms with Gasteiger partial charge < -0.3 is 23.8 Å². The normalized spacial score (nSPS) is 16.4. The molecule has 1 aromatic rings. The first kappa shape index (κ1) is 26.5. The highest BCUT2D eigenvalue weighted by molar-refractivity contribution is 5.96. The molecule has 1 aromatic carbocycles. The highest BCUT2D eigenvalue weighted by Gasteiger charge is 2.49. The molecular formula is C18H15F6NO9. The second-order valence-electron chi connectivity index (χ2n) is 6.50. The predicted octanol–water partition coefficient (Wildman–Crippen LogP) is 3.50. The lowest BCUT2D eigenvalue weighted by Crippen LogP contribution is -2.41. The largest absolute Gasteiger partial charge is 0.573 e. The van der Waals surface area contributed by atoms with Crippen molar-refractivity contribution in [1.29, 1.82) is 0 Å². The van der Waals surface area contributed by atoms with Gasteiger partial charge >= 0.3 is 24.5 Å². The molecule has 0 fully saturated rings. The Morgan fingerprint density at radius 3 is 2.35 bits per heavy atom. The van der Waals surface area contributed by atoms with Crippen LogP contribution in [0.15, 0.2) is 17.7 Å². The fourth-order valence-electron chi connectivity index (χ4n) is 2.79. The van der Waals surface area contributed by atoms with E-state index in [1.54, 1.807) is 0 Å². The van der Waals surface area contributed by atoms with Crippen molar-refractivity contribution >= 4 is 18.0 Å². The number of hydrogen-bond donors (Lipinski definition) is 0. The molecule has 0 bridgehead atoms. The summed E-state index contributed by atoms with van der Waals surface area (Å²) in [7, 11) is 0. The van der Waals surface area contributed by atoms with E-state index in [1.807, 2.05) is 0 Å².